The summed E-state index contributed by atoms with van der Waals surface area (Å²) in [6.45, 7) is 0. The molecular formula is C13H8F3N5. The van der Waals surface area contributed by atoms with Crippen LogP contribution in [-0.4, -0.2) is 20.2 Å². The maximum absolute atomic E-state index is 13.8. The van der Waals surface area contributed by atoms with Crippen molar-refractivity contribution in [2.75, 3.05) is 5.73 Å². The second kappa shape index (κ2) is 4.89. The Labute approximate surface area is 116 Å². The minimum Gasteiger partial charge on any atom is -0.399 e. The van der Waals surface area contributed by atoms with E-state index in [1.54, 1.807) is 24.3 Å². The van der Waals surface area contributed by atoms with Crippen molar-refractivity contribution in [1.82, 2.24) is 20.2 Å². The fourth-order valence-electron chi connectivity index (χ4n) is 1.89. The molecule has 2 aromatic carbocycles. The molecule has 5 nitrogen and oxygen atoms in total. The number of rotatable bonds is 2. The zero-order valence-electron chi connectivity index (χ0n) is 10.5. The molecule has 8 heteroatoms. The fraction of sp³-hybridized carbons (Fsp3) is 0. The van der Waals surface area contributed by atoms with Gasteiger partial charge in [-0.05, 0) is 34.7 Å². The molecule has 0 aliphatic heterocycles. The van der Waals surface area contributed by atoms with Gasteiger partial charge >= 0.3 is 0 Å². The number of hydrogen-bond acceptors (Lipinski definition) is 4. The van der Waals surface area contributed by atoms with E-state index in [1.165, 1.54) is 0 Å². The molecule has 1 heterocycles. The van der Waals surface area contributed by atoms with Crippen LogP contribution in [0.15, 0.2) is 36.4 Å². The molecule has 0 fully saturated rings. The Balaban J connectivity index is 2.18. The summed E-state index contributed by atoms with van der Waals surface area (Å²) in [4.78, 5) is 0. The molecule has 0 aliphatic carbocycles. The van der Waals surface area contributed by atoms with Crippen molar-refractivity contribution in [3.05, 3.63) is 53.8 Å². The molecule has 0 amide bonds. The lowest BCUT2D eigenvalue weighted by atomic mass is 10.2. The molecule has 3 aromatic rings. The molecule has 106 valence electrons. The number of hydrogen-bond donors (Lipinski definition) is 1. The predicted octanol–water partition coefficient (Wildman–Crippen LogP) is 2.33. The highest BCUT2D eigenvalue weighted by molar-refractivity contribution is 5.62. The molecule has 3 rings (SSSR count). The average molecular weight is 291 g/mol. The average Bonchev–Trinajstić information content (AvgIpc) is 2.94. The maximum atomic E-state index is 13.8. The SMILES string of the molecule is Nc1cccc(-c2nnnn2-c2ccc(F)c(F)c2F)c1. The monoisotopic (exact) mass is 291 g/mol. The van der Waals surface area contributed by atoms with Gasteiger partial charge in [-0.25, -0.2) is 13.2 Å². The minimum atomic E-state index is -1.58. The van der Waals surface area contributed by atoms with E-state index in [0.29, 0.717) is 11.3 Å². The van der Waals surface area contributed by atoms with E-state index in [9.17, 15) is 13.2 Å². The molecule has 0 saturated heterocycles. The quantitative estimate of drug-likeness (QED) is 0.581. The third-order valence-corrected chi connectivity index (χ3v) is 2.86. The Bertz CT molecular complexity index is 815. The summed E-state index contributed by atoms with van der Waals surface area (Å²) in [5, 5.41) is 10.8. The number of nitrogens with two attached hydrogens (primary N) is 1. The first-order valence-corrected chi connectivity index (χ1v) is 5.86. The lowest BCUT2D eigenvalue weighted by molar-refractivity contribution is 0.443. The first kappa shape index (κ1) is 13.1. The van der Waals surface area contributed by atoms with Gasteiger partial charge in [-0.3, -0.25) is 0 Å². The van der Waals surface area contributed by atoms with Crippen molar-refractivity contribution in [1.29, 1.82) is 0 Å². The minimum absolute atomic E-state index is 0.159. The van der Waals surface area contributed by atoms with Crippen molar-refractivity contribution in [2.24, 2.45) is 0 Å². The molecule has 0 radical (unpaired) electrons. The van der Waals surface area contributed by atoms with Gasteiger partial charge in [0.05, 0.1) is 0 Å². The Morgan fingerprint density at radius 1 is 1.00 bits per heavy atom. The van der Waals surface area contributed by atoms with Gasteiger partial charge in [-0.1, -0.05) is 12.1 Å². The van der Waals surface area contributed by atoms with Crippen LogP contribution in [0.4, 0.5) is 18.9 Å². The smallest absolute Gasteiger partial charge is 0.196 e. The molecule has 0 aliphatic rings. The van der Waals surface area contributed by atoms with Crippen LogP contribution in [-0.2, 0) is 0 Å². The summed E-state index contributed by atoms with van der Waals surface area (Å²) < 4.78 is 41.1. The van der Waals surface area contributed by atoms with Gasteiger partial charge in [0, 0.05) is 11.3 Å². The van der Waals surface area contributed by atoms with Crippen molar-refractivity contribution in [3.8, 4) is 17.1 Å². The van der Waals surface area contributed by atoms with Gasteiger partial charge in [-0.2, -0.15) is 4.68 Å². The largest absolute Gasteiger partial charge is 0.399 e. The molecule has 0 atom stereocenters. The van der Waals surface area contributed by atoms with Gasteiger partial charge in [0.2, 0.25) is 0 Å². The van der Waals surface area contributed by atoms with Crippen LogP contribution in [0.25, 0.3) is 17.1 Å². The van der Waals surface area contributed by atoms with Crippen LogP contribution in [0, 0.1) is 17.5 Å². The van der Waals surface area contributed by atoms with Gasteiger partial charge in [0.25, 0.3) is 0 Å². The van der Waals surface area contributed by atoms with Crippen LogP contribution in [0.3, 0.4) is 0 Å². The van der Waals surface area contributed by atoms with Crippen molar-refractivity contribution >= 4 is 5.69 Å². The number of tetrazole rings is 1. The third-order valence-electron chi connectivity index (χ3n) is 2.86. The van der Waals surface area contributed by atoms with Crippen LogP contribution in [0.2, 0.25) is 0 Å². The second-order valence-electron chi connectivity index (χ2n) is 4.23. The molecule has 0 bridgehead atoms. The third kappa shape index (κ3) is 2.20. The number of halogens is 3. The number of nitrogens with zero attached hydrogens (tertiary/aromatic N) is 4. The molecular weight excluding hydrogens is 283 g/mol. The van der Waals surface area contributed by atoms with E-state index in [2.05, 4.69) is 15.5 Å². The van der Waals surface area contributed by atoms with Crippen LogP contribution < -0.4 is 5.73 Å². The van der Waals surface area contributed by atoms with E-state index in [0.717, 1.165) is 16.8 Å². The zero-order valence-corrected chi connectivity index (χ0v) is 10.5. The van der Waals surface area contributed by atoms with E-state index < -0.39 is 17.5 Å². The summed E-state index contributed by atoms with van der Waals surface area (Å²) in [5.74, 6) is -4.07. The highest BCUT2D eigenvalue weighted by Crippen LogP contribution is 2.24. The lowest BCUT2D eigenvalue weighted by Gasteiger charge is -2.07. The Kier molecular flexibility index (Phi) is 3.05. The number of anilines is 1. The number of aromatic nitrogens is 4. The van der Waals surface area contributed by atoms with E-state index in [1.807, 2.05) is 0 Å². The zero-order chi connectivity index (χ0) is 15.0. The lowest BCUT2D eigenvalue weighted by Crippen LogP contribution is -2.05. The summed E-state index contributed by atoms with van der Waals surface area (Å²) in [6.07, 6.45) is 0. The Hall–Kier alpha value is -2.90. The molecule has 2 N–H and O–H groups in total. The standard InChI is InChI=1S/C13H8F3N5/c14-9-4-5-10(12(16)11(9)15)21-13(18-19-20-21)7-2-1-3-8(17)6-7/h1-6H,17H2. The summed E-state index contributed by atoms with van der Waals surface area (Å²) in [6, 6.07) is 8.44. The molecule has 1 aromatic heterocycles. The topological polar surface area (TPSA) is 69.6 Å². The summed E-state index contributed by atoms with van der Waals surface area (Å²) in [7, 11) is 0. The Morgan fingerprint density at radius 3 is 2.57 bits per heavy atom. The summed E-state index contributed by atoms with van der Waals surface area (Å²) in [5.41, 5.74) is 6.35. The first-order chi connectivity index (χ1) is 10.1. The van der Waals surface area contributed by atoms with Gasteiger partial charge in [0.1, 0.15) is 5.69 Å². The van der Waals surface area contributed by atoms with Crippen LogP contribution in [0.5, 0.6) is 0 Å². The number of nitrogen functional groups attached to an aromatic ring is 1. The maximum Gasteiger partial charge on any atom is 0.196 e. The Morgan fingerprint density at radius 2 is 1.81 bits per heavy atom. The highest BCUT2D eigenvalue weighted by Gasteiger charge is 2.19. The molecule has 0 unspecified atom stereocenters. The molecule has 0 spiro atoms. The predicted molar refractivity (Wildman–Crippen MR) is 68.9 cm³/mol. The summed E-state index contributed by atoms with van der Waals surface area (Å²) >= 11 is 0. The van der Waals surface area contributed by atoms with Gasteiger partial charge < -0.3 is 5.73 Å². The molecule has 0 saturated carbocycles. The van der Waals surface area contributed by atoms with Gasteiger partial charge in [-0.15, -0.1) is 5.10 Å². The van der Waals surface area contributed by atoms with Crippen molar-refractivity contribution in [2.45, 2.75) is 0 Å². The molecule has 21 heavy (non-hydrogen) atoms. The van der Waals surface area contributed by atoms with Gasteiger partial charge in [0.15, 0.2) is 23.3 Å². The first-order valence-electron chi connectivity index (χ1n) is 5.86. The van der Waals surface area contributed by atoms with Crippen molar-refractivity contribution < 1.29 is 13.2 Å². The fourth-order valence-corrected chi connectivity index (χ4v) is 1.89. The highest BCUT2D eigenvalue weighted by atomic mass is 19.2. The van der Waals surface area contributed by atoms with E-state index >= 15 is 0 Å². The van der Waals surface area contributed by atoms with Crippen LogP contribution >= 0.6 is 0 Å². The van der Waals surface area contributed by atoms with Crippen molar-refractivity contribution in [3.63, 3.8) is 0 Å². The number of benzene rings is 2. The second-order valence-corrected chi connectivity index (χ2v) is 4.23. The normalized spacial score (nSPS) is 10.8. The van der Waals surface area contributed by atoms with E-state index in [4.69, 9.17) is 5.73 Å². The van der Waals surface area contributed by atoms with E-state index in [-0.39, 0.29) is 11.5 Å². The van der Waals surface area contributed by atoms with Crippen LogP contribution in [0.1, 0.15) is 0 Å².